The number of ether oxygens (including phenoxy) is 2. The van der Waals surface area contributed by atoms with Gasteiger partial charge >= 0.3 is 12.3 Å². The van der Waals surface area contributed by atoms with Crippen LogP contribution < -0.4 is 10.5 Å². The summed E-state index contributed by atoms with van der Waals surface area (Å²) in [6.07, 6.45) is -4.56. The van der Waals surface area contributed by atoms with Crippen molar-refractivity contribution >= 4 is 5.97 Å². The molecule has 0 unspecified atom stereocenters. The van der Waals surface area contributed by atoms with Gasteiger partial charge in [-0.1, -0.05) is 42.5 Å². The Morgan fingerprint density at radius 3 is 2.56 bits per heavy atom. The van der Waals surface area contributed by atoms with E-state index in [2.05, 4.69) is 4.74 Å². The van der Waals surface area contributed by atoms with E-state index in [1.54, 1.807) is 37.3 Å². The van der Waals surface area contributed by atoms with Gasteiger partial charge in [0.15, 0.2) is 0 Å². The Morgan fingerprint density at radius 2 is 1.88 bits per heavy atom. The highest BCUT2D eigenvalue weighted by Crippen LogP contribution is 2.34. The average Bonchev–Trinajstić information content (AvgIpc) is 2.54. The molecular formula is C18H18F3NO3. The molecule has 1 atom stereocenters. The number of alkyl halides is 3. The summed E-state index contributed by atoms with van der Waals surface area (Å²) in [5, 5.41) is 0. The van der Waals surface area contributed by atoms with Crippen LogP contribution in [0.25, 0.3) is 11.1 Å². The third-order valence-corrected chi connectivity index (χ3v) is 3.40. The van der Waals surface area contributed by atoms with Gasteiger partial charge in [-0.25, -0.2) is 0 Å². The lowest BCUT2D eigenvalue weighted by Gasteiger charge is -2.15. The molecule has 2 rings (SSSR count). The molecule has 4 nitrogen and oxygen atoms in total. The first-order valence-corrected chi connectivity index (χ1v) is 7.66. The van der Waals surface area contributed by atoms with E-state index in [0.29, 0.717) is 16.7 Å². The molecular weight excluding hydrogens is 335 g/mol. The Kier molecular flexibility index (Phi) is 6.03. The Balaban J connectivity index is 2.26. The number of carbonyl (C=O) groups excluding carboxylic acids is 1. The van der Waals surface area contributed by atoms with Gasteiger partial charge in [-0.15, -0.1) is 13.2 Å². The van der Waals surface area contributed by atoms with E-state index >= 15 is 0 Å². The van der Waals surface area contributed by atoms with Crippen molar-refractivity contribution in [1.82, 2.24) is 0 Å². The number of para-hydroxylation sites is 1. The van der Waals surface area contributed by atoms with Crippen molar-refractivity contribution in [3.05, 3.63) is 54.1 Å². The molecule has 0 bridgehead atoms. The Bertz CT molecular complexity index is 732. The van der Waals surface area contributed by atoms with Crippen LogP contribution in [-0.4, -0.2) is 25.0 Å². The van der Waals surface area contributed by atoms with Crippen molar-refractivity contribution in [3.63, 3.8) is 0 Å². The predicted octanol–water partition coefficient (Wildman–Crippen LogP) is 3.69. The second-order valence-electron chi connectivity index (χ2n) is 5.31. The zero-order valence-electron chi connectivity index (χ0n) is 13.5. The fourth-order valence-electron chi connectivity index (χ4n) is 2.37. The van der Waals surface area contributed by atoms with Crippen LogP contribution in [0.3, 0.4) is 0 Å². The standard InChI is InChI=1S/C18H18F3NO3/c1-2-24-17(23)15(22)11-12-6-5-7-13(10-12)14-8-3-4-9-16(14)25-18(19,20)21/h3-10,15H,2,11,22H2,1H3/t15-/m1/s1. The summed E-state index contributed by atoms with van der Waals surface area (Å²) in [5.74, 6) is -0.810. The molecule has 2 N–H and O–H groups in total. The zero-order valence-corrected chi connectivity index (χ0v) is 13.5. The normalized spacial score (nSPS) is 12.5. The quantitative estimate of drug-likeness (QED) is 0.805. The maximum atomic E-state index is 12.6. The number of hydrogen-bond donors (Lipinski definition) is 1. The monoisotopic (exact) mass is 353 g/mol. The number of hydrogen-bond acceptors (Lipinski definition) is 4. The van der Waals surface area contributed by atoms with Crippen LogP contribution >= 0.6 is 0 Å². The van der Waals surface area contributed by atoms with E-state index < -0.39 is 18.4 Å². The minimum Gasteiger partial charge on any atom is -0.465 e. The molecule has 25 heavy (non-hydrogen) atoms. The number of nitrogens with two attached hydrogens (primary N) is 1. The van der Waals surface area contributed by atoms with Crippen molar-refractivity contribution in [2.45, 2.75) is 25.7 Å². The maximum Gasteiger partial charge on any atom is 0.573 e. The van der Waals surface area contributed by atoms with Gasteiger partial charge in [0.25, 0.3) is 0 Å². The molecule has 134 valence electrons. The third-order valence-electron chi connectivity index (χ3n) is 3.40. The second-order valence-corrected chi connectivity index (χ2v) is 5.31. The minimum absolute atomic E-state index is 0.217. The summed E-state index contributed by atoms with van der Waals surface area (Å²) in [4.78, 5) is 11.6. The number of carbonyl (C=O) groups is 1. The molecule has 7 heteroatoms. The summed E-state index contributed by atoms with van der Waals surface area (Å²) < 4.78 is 46.6. The lowest BCUT2D eigenvalue weighted by Crippen LogP contribution is -2.34. The summed E-state index contributed by atoms with van der Waals surface area (Å²) in [6, 6.07) is 11.8. The van der Waals surface area contributed by atoms with Crippen LogP contribution in [0.1, 0.15) is 12.5 Å². The van der Waals surface area contributed by atoms with Gasteiger partial charge in [0, 0.05) is 5.56 Å². The molecule has 0 spiro atoms. The van der Waals surface area contributed by atoms with E-state index in [1.165, 1.54) is 18.2 Å². The first-order valence-electron chi connectivity index (χ1n) is 7.66. The van der Waals surface area contributed by atoms with Crippen molar-refractivity contribution < 1.29 is 27.4 Å². The Morgan fingerprint density at radius 1 is 1.16 bits per heavy atom. The summed E-state index contributed by atoms with van der Waals surface area (Å²) >= 11 is 0. The van der Waals surface area contributed by atoms with Gasteiger partial charge in [0.1, 0.15) is 11.8 Å². The topological polar surface area (TPSA) is 61.5 Å². The van der Waals surface area contributed by atoms with Crippen LogP contribution in [0.2, 0.25) is 0 Å². The first kappa shape index (κ1) is 18.8. The highest BCUT2D eigenvalue weighted by molar-refractivity contribution is 5.76. The number of rotatable bonds is 6. The molecule has 0 amide bonds. The van der Waals surface area contributed by atoms with Gasteiger partial charge in [0.05, 0.1) is 6.61 Å². The highest BCUT2D eigenvalue weighted by Gasteiger charge is 2.32. The van der Waals surface area contributed by atoms with E-state index in [9.17, 15) is 18.0 Å². The van der Waals surface area contributed by atoms with E-state index in [4.69, 9.17) is 10.5 Å². The molecule has 0 fully saturated rings. The Labute approximate surface area is 143 Å². The fraction of sp³-hybridized carbons (Fsp3) is 0.278. The van der Waals surface area contributed by atoms with E-state index in [1.807, 2.05) is 0 Å². The van der Waals surface area contributed by atoms with Crippen LogP contribution in [-0.2, 0) is 16.0 Å². The van der Waals surface area contributed by atoms with E-state index in [0.717, 1.165) is 0 Å². The first-order chi connectivity index (χ1) is 11.8. The molecule has 0 saturated heterocycles. The molecule has 0 aliphatic heterocycles. The molecule has 0 aliphatic rings. The van der Waals surface area contributed by atoms with Gasteiger partial charge in [-0.2, -0.15) is 0 Å². The molecule has 0 aliphatic carbocycles. The molecule has 0 heterocycles. The van der Waals surface area contributed by atoms with Gasteiger partial charge < -0.3 is 15.2 Å². The van der Waals surface area contributed by atoms with Crippen LogP contribution in [0.4, 0.5) is 13.2 Å². The summed E-state index contributed by atoms with van der Waals surface area (Å²) in [5.41, 5.74) is 7.33. The smallest absolute Gasteiger partial charge is 0.465 e. The van der Waals surface area contributed by atoms with Gasteiger partial charge in [0.2, 0.25) is 0 Å². The number of benzene rings is 2. The zero-order chi connectivity index (χ0) is 18.4. The van der Waals surface area contributed by atoms with Gasteiger partial charge in [-0.3, -0.25) is 4.79 Å². The minimum atomic E-state index is -4.78. The van der Waals surface area contributed by atoms with Crippen molar-refractivity contribution in [1.29, 1.82) is 0 Å². The van der Waals surface area contributed by atoms with Crippen LogP contribution in [0, 0.1) is 0 Å². The number of esters is 1. The molecule has 0 saturated carbocycles. The van der Waals surface area contributed by atoms with Crippen LogP contribution in [0.5, 0.6) is 5.75 Å². The lowest BCUT2D eigenvalue weighted by molar-refractivity contribution is -0.274. The molecule has 0 aromatic heterocycles. The average molecular weight is 353 g/mol. The van der Waals surface area contributed by atoms with E-state index in [-0.39, 0.29) is 18.8 Å². The number of halogens is 3. The maximum absolute atomic E-state index is 12.6. The SMILES string of the molecule is CCOC(=O)[C@H](N)Cc1cccc(-c2ccccc2OC(F)(F)F)c1. The third kappa shape index (κ3) is 5.49. The molecule has 2 aromatic carbocycles. The second kappa shape index (κ2) is 8.02. The van der Waals surface area contributed by atoms with Crippen LogP contribution in [0.15, 0.2) is 48.5 Å². The van der Waals surface area contributed by atoms with Crippen molar-refractivity contribution in [2.75, 3.05) is 6.61 Å². The lowest BCUT2D eigenvalue weighted by atomic mass is 9.99. The van der Waals surface area contributed by atoms with Gasteiger partial charge in [-0.05, 0) is 30.5 Å². The highest BCUT2D eigenvalue weighted by atomic mass is 19.4. The fourth-order valence-corrected chi connectivity index (χ4v) is 2.37. The van der Waals surface area contributed by atoms with Crippen molar-refractivity contribution in [3.8, 4) is 16.9 Å². The molecule has 0 radical (unpaired) electrons. The Hall–Kier alpha value is -2.54. The largest absolute Gasteiger partial charge is 0.573 e. The molecule has 2 aromatic rings. The summed E-state index contributed by atoms with van der Waals surface area (Å²) in [7, 11) is 0. The van der Waals surface area contributed by atoms with Crippen molar-refractivity contribution in [2.24, 2.45) is 5.73 Å². The predicted molar refractivity (Wildman–Crippen MR) is 86.9 cm³/mol. The summed E-state index contributed by atoms with van der Waals surface area (Å²) in [6.45, 7) is 1.91.